The van der Waals surface area contributed by atoms with E-state index in [2.05, 4.69) is 4.72 Å². The van der Waals surface area contributed by atoms with Crippen LogP contribution in [-0.4, -0.2) is 20.4 Å². The highest BCUT2D eigenvalue weighted by Crippen LogP contribution is 2.11. The molecule has 6 heteroatoms. The molecule has 0 saturated carbocycles. The van der Waals surface area contributed by atoms with E-state index in [0.717, 1.165) is 16.7 Å². The molecule has 0 unspecified atom stereocenters. The molecular weight excluding hydrogens is 326 g/mol. The maximum Gasteiger partial charge on any atom is 0.324 e. The minimum atomic E-state index is -3.76. The SMILES string of the molecule is Cc1ccc(S(=O)(=O)N[C@@H](C)C(=O)OCc2cccc(C)c2)cc1. The first-order valence-corrected chi connectivity index (χ1v) is 9.07. The van der Waals surface area contributed by atoms with Crippen molar-refractivity contribution in [3.63, 3.8) is 0 Å². The highest BCUT2D eigenvalue weighted by molar-refractivity contribution is 7.89. The second-order valence-corrected chi connectivity index (χ2v) is 7.47. The number of nitrogens with one attached hydrogen (secondary N) is 1. The summed E-state index contributed by atoms with van der Waals surface area (Å²) < 4.78 is 32.0. The van der Waals surface area contributed by atoms with E-state index in [1.165, 1.54) is 19.1 Å². The Bertz CT molecular complexity index is 813. The van der Waals surface area contributed by atoms with Gasteiger partial charge in [-0.3, -0.25) is 4.79 Å². The predicted molar refractivity (Wildman–Crippen MR) is 91.9 cm³/mol. The number of sulfonamides is 1. The lowest BCUT2D eigenvalue weighted by molar-refractivity contribution is -0.146. The number of esters is 1. The van der Waals surface area contributed by atoms with Crippen molar-refractivity contribution in [3.8, 4) is 0 Å². The van der Waals surface area contributed by atoms with Crippen LogP contribution in [0.2, 0.25) is 0 Å². The summed E-state index contributed by atoms with van der Waals surface area (Å²) in [7, 11) is -3.76. The zero-order chi connectivity index (χ0) is 17.7. The van der Waals surface area contributed by atoms with Gasteiger partial charge in [-0.25, -0.2) is 8.42 Å². The second-order valence-electron chi connectivity index (χ2n) is 5.75. The first kappa shape index (κ1) is 18.2. The van der Waals surface area contributed by atoms with Gasteiger partial charge in [0.2, 0.25) is 10.0 Å². The number of carbonyl (C=O) groups excluding carboxylic acids is 1. The van der Waals surface area contributed by atoms with Crippen molar-refractivity contribution in [1.82, 2.24) is 4.72 Å². The summed E-state index contributed by atoms with van der Waals surface area (Å²) in [5, 5.41) is 0. The van der Waals surface area contributed by atoms with Gasteiger partial charge in [0.25, 0.3) is 0 Å². The summed E-state index contributed by atoms with van der Waals surface area (Å²) in [6.07, 6.45) is 0. The van der Waals surface area contributed by atoms with Crippen LogP contribution >= 0.6 is 0 Å². The lowest BCUT2D eigenvalue weighted by Gasteiger charge is -2.14. The Labute approximate surface area is 142 Å². The average Bonchev–Trinajstić information content (AvgIpc) is 2.52. The van der Waals surface area contributed by atoms with E-state index >= 15 is 0 Å². The number of ether oxygens (including phenoxy) is 1. The molecular formula is C18H21NO4S. The Morgan fingerprint density at radius 1 is 1.08 bits per heavy atom. The van der Waals surface area contributed by atoms with E-state index in [1.54, 1.807) is 12.1 Å². The summed E-state index contributed by atoms with van der Waals surface area (Å²) >= 11 is 0. The summed E-state index contributed by atoms with van der Waals surface area (Å²) in [6, 6.07) is 13.0. The zero-order valence-electron chi connectivity index (χ0n) is 13.9. The fraction of sp³-hybridized carbons (Fsp3) is 0.278. The van der Waals surface area contributed by atoms with Crippen LogP contribution in [0.15, 0.2) is 53.4 Å². The molecule has 0 aromatic heterocycles. The van der Waals surface area contributed by atoms with Crippen molar-refractivity contribution < 1.29 is 17.9 Å². The van der Waals surface area contributed by atoms with Gasteiger partial charge in [-0.15, -0.1) is 0 Å². The van der Waals surface area contributed by atoms with Crippen LogP contribution in [-0.2, 0) is 26.2 Å². The third-order valence-electron chi connectivity index (χ3n) is 3.48. The molecule has 24 heavy (non-hydrogen) atoms. The Morgan fingerprint density at radius 2 is 1.75 bits per heavy atom. The standard InChI is InChI=1S/C18H21NO4S/c1-13-7-9-17(10-8-13)24(21,22)19-15(3)18(20)23-12-16-6-4-5-14(2)11-16/h4-11,15,19H,12H2,1-3H3/t15-/m0/s1. The molecule has 128 valence electrons. The third-order valence-corrected chi connectivity index (χ3v) is 5.04. The Balaban J connectivity index is 1.96. The van der Waals surface area contributed by atoms with Crippen molar-refractivity contribution >= 4 is 16.0 Å². The van der Waals surface area contributed by atoms with E-state index in [9.17, 15) is 13.2 Å². The third kappa shape index (κ3) is 4.91. The largest absolute Gasteiger partial charge is 0.460 e. The lowest BCUT2D eigenvalue weighted by Crippen LogP contribution is -2.39. The summed E-state index contributed by atoms with van der Waals surface area (Å²) in [5.41, 5.74) is 2.88. The van der Waals surface area contributed by atoms with Crippen LogP contribution in [0.3, 0.4) is 0 Å². The number of aryl methyl sites for hydroxylation is 2. The first-order valence-electron chi connectivity index (χ1n) is 7.59. The van der Waals surface area contributed by atoms with Gasteiger partial charge in [-0.2, -0.15) is 4.72 Å². The summed E-state index contributed by atoms with van der Waals surface area (Å²) in [4.78, 5) is 12.1. The minimum absolute atomic E-state index is 0.108. The van der Waals surface area contributed by atoms with Gasteiger partial charge in [-0.05, 0) is 38.5 Å². The molecule has 0 heterocycles. The summed E-state index contributed by atoms with van der Waals surface area (Å²) in [5.74, 6) is -0.618. The number of rotatable bonds is 6. The molecule has 0 radical (unpaired) electrons. The van der Waals surface area contributed by atoms with Crippen LogP contribution in [0.4, 0.5) is 0 Å². The van der Waals surface area contributed by atoms with Gasteiger partial charge in [0.1, 0.15) is 12.6 Å². The Kier molecular flexibility index (Phi) is 5.75. The molecule has 2 aromatic rings. The summed E-state index contributed by atoms with van der Waals surface area (Å²) in [6.45, 7) is 5.39. The highest BCUT2D eigenvalue weighted by atomic mass is 32.2. The van der Waals surface area contributed by atoms with Crippen molar-refractivity contribution in [3.05, 3.63) is 65.2 Å². The van der Waals surface area contributed by atoms with E-state index in [4.69, 9.17) is 4.74 Å². The van der Waals surface area contributed by atoms with Crippen LogP contribution in [0, 0.1) is 13.8 Å². The number of benzene rings is 2. The van der Waals surface area contributed by atoms with E-state index in [-0.39, 0.29) is 11.5 Å². The zero-order valence-corrected chi connectivity index (χ0v) is 14.8. The van der Waals surface area contributed by atoms with Gasteiger partial charge >= 0.3 is 5.97 Å². The molecule has 2 rings (SSSR count). The van der Waals surface area contributed by atoms with Crippen LogP contribution < -0.4 is 4.72 Å². The van der Waals surface area contributed by atoms with E-state index < -0.39 is 22.0 Å². The minimum Gasteiger partial charge on any atom is -0.460 e. The average molecular weight is 347 g/mol. The number of carbonyl (C=O) groups is 1. The van der Waals surface area contributed by atoms with Gasteiger partial charge in [0.15, 0.2) is 0 Å². The molecule has 1 N–H and O–H groups in total. The molecule has 5 nitrogen and oxygen atoms in total. The fourth-order valence-corrected chi connectivity index (χ4v) is 3.34. The molecule has 0 aliphatic carbocycles. The number of hydrogen-bond donors (Lipinski definition) is 1. The molecule has 0 aliphatic rings. The lowest BCUT2D eigenvalue weighted by atomic mass is 10.1. The maximum absolute atomic E-state index is 12.3. The van der Waals surface area contributed by atoms with Crippen molar-refractivity contribution in [2.75, 3.05) is 0 Å². The molecule has 0 fully saturated rings. The topological polar surface area (TPSA) is 72.5 Å². The quantitative estimate of drug-likeness (QED) is 0.816. The molecule has 0 spiro atoms. The van der Waals surface area contributed by atoms with Gasteiger partial charge in [0.05, 0.1) is 4.90 Å². The number of hydrogen-bond acceptors (Lipinski definition) is 4. The molecule has 0 amide bonds. The van der Waals surface area contributed by atoms with Gasteiger partial charge in [0, 0.05) is 0 Å². The fourth-order valence-electron chi connectivity index (χ4n) is 2.15. The molecule has 0 aliphatic heterocycles. The normalized spacial score (nSPS) is 12.6. The van der Waals surface area contributed by atoms with Crippen LogP contribution in [0.5, 0.6) is 0 Å². The Hall–Kier alpha value is -2.18. The van der Waals surface area contributed by atoms with Crippen LogP contribution in [0.1, 0.15) is 23.6 Å². The molecule has 2 aromatic carbocycles. The van der Waals surface area contributed by atoms with Gasteiger partial charge in [-0.1, -0.05) is 47.5 Å². The monoisotopic (exact) mass is 347 g/mol. The van der Waals surface area contributed by atoms with Crippen molar-refractivity contribution in [2.24, 2.45) is 0 Å². The molecule has 0 bridgehead atoms. The van der Waals surface area contributed by atoms with E-state index in [0.29, 0.717) is 0 Å². The smallest absolute Gasteiger partial charge is 0.324 e. The predicted octanol–water partition coefficient (Wildman–Crippen LogP) is 2.71. The van der Waals surface area contributed by atoms with Crippen LogP contribution in [0.25, 0.3) is 0 Å². The maximum atomic E-state index is 12.3. The van der Waals surface area contributed by atoms with E-state index in [1.807, 2.05) is 38.1 Å². The molecule has 0 saturated heterocycles. The Morgan fingerprint density at radius 3 is 2.38 bits per heavy atom. The van der Waals surface area contributed by atoms with Crippen molar-refractivity contribution in [1.29, 1.82) is 0 Å². The highest BCUT2D eigenvalue weighted by Gasteiger charge is 2.23. The second kappa shape index (κ2) is 7.59. The molecule has 1 atom stereocenters. The van der Waals surface area contributed by atoms with Crippen molar-refractivity contribution in [2.45, 2.75) is 38.3 Å². The van der Waals surface area contributed by atoms with Gasteiger partial charge < -0.3 is 4.74 Å². The first-order chi connectivity index (χ1) is 11.3.